The maximum atomic E-state index is 10.3. The molecule has 92 valence electrons. The molecule has 1 atom stereocenters. The Labute approximate surface area is 103 Å². The van der Waals surface area contributed by atoms with Gasteiger partial charge in [0, 0.05) is 5.41 Å². The van der Waals surface area contributed by atoms with E-state index >= 15 is 0 Å². The summed E-state index contributed by atoms with van der Waals surface area (Å²) >= 11 is 0. The second-order valence-electron chi connectivity index (χ2n) is 5.53. The number of fused-ring (bicyclic) bond motifs is 2. The molecule has 1 fully saturated rings. The van der Waals surface area contributed by atoms with E-state index in [1.165, 1.54) is 29.5 Å². The van der Waals surface area contributed by atoms with Crippen molar-refractivity contribution in [1.29, 1.82) is 0 Å². The summed E-state index contributed by atoms with van der Waals surface area (Å²) in [6, 6.07) is 6.73. The first-order valence-corrected chi connectivity index (χ1v) is 6.77. The van der Waals surface area contributed by atoms with Crippen LogP contribution in [0, 0.1) is 0 Å². The van der Waals surface area contributed by atoms with Gasteiger partial charge in [-0.3, -0.25) is 0 Å². The monoisotopic (exact) mass is 231 g/mol. The standard InChI is InChI=1S/C15H21NO/c1-2-11-3-4-13-12(9-11)14(17)10-15(13)5-7-16-8-6-15/h3-4,9,14,16-17H,2,5-8,10H2,1H3. The molecule has 1 aromatic carbocycles. The molecule has 0 saturated carbocycles. The Balaban J connectivity index is 2.04. The van der Waals surface area contributed by atoms with Crippen molar-refractivity contribution in [2.75, 3.05) is 13.1 Å². The summed E-state index contributed by atoms with van der Waals surface area (Å²) in [6.07, 6.45) is 4.08. The lowest BCUT2D eigenvalue weighted by molar-refractivity contribution is 0.142. The minimum absolute atomic E-state index is 0.241. The Morgan fingerprint density at radius 3 is 2.82 bits per heavy atom. The van der Waals surface area contributed by atoms with E-state index in [1.54, 1.807) is 0 Å². The van der Waals surface area contributed by atoms with Crippen LogP contribution in [0.5, 0.6) is 0 Å². The number of hydrogen-bond donors (Lipinski definition) is 2. The van der Waals surface area contributed by atoms with Gasteiger partial charge in [0.25, 0.3) is 0 Å². The molecule has 1 spiro atoms. The van der Waals surface area contributed by atoms with Gasteiger partial charge in [-0.05, 0) is 55.5 Å². The van der Waals surface area contributed by atoms with Crippen LogP contribution in [0.2, 0.25) is 0 Å². The number of aliphatic hydroxyl groups is 1. The van der Waals surface area contributed by atoms with Crippen LogP contribution in [-0.4, -0.2) is 18.2 Å². The Morgan fingerprint density at radius 1 is 1.35 bits per heavy atom. The molecule has 0 aromatic heterocycles. The second-order valence-corrected chi connectivity index (χ2v) is 5.53. The van der Waals surface area contributed by atoms with Crippen LogP contribution < -0.4 is 5.32 Å². The molecule has 17 heavy (non-hydrogen) atoms. The molecule has 2 N–H and O–H groups in total. The molecular formula is C15H21NO. The van der Waals surface area contributed by atoms with Crippen LogP contribution in [0.25, 0.3) is 0 Å². The zero-order chi connectivity index (χ0) is 11.9. The summed E-state index contributed by atoms with van der Waals surface area (Å²) in [5.41, 5.74) is 4.22. The fourth-order valence-electron chi connectivity index (χ4n) is 3.56. The summed E-state index contributed by atoms with van der Waals surface area (Å²) in [6.45, 7) is 4.34. The first kappa shape index (κ1) is 11.2. The number of aryl methyl sites for hydroxylation is 1. The van der Waals surface area contributed by atoms with Gasteiger partial charge < -0.3 is 10.4 Å². The lowest BCUT2D eigenvalue weighted by atomic mass is 9.74. The minimum atomic E-state index is -0.241. The molecular weight excluding hydrogens is 210 g/mol. The summed E-state index contributed by atoms with van der Waals surface area (Å²) < 4.78 is 0. The van der Waals surface area contributed by atoms with Gasteiger partial charge >= 0.3 is 0 Å². The second kappa shape index (κ2) is 4.11. The highest BCUT2D eigenvalue weighted by Gasteiger charge is 2.43. The quantitative estimate of drug-likeness (QED) is 0.777. The van der Waals surface area contributed by atoms with Crippen molar-refractivity contribution in [1.82, 2.24) is 5.32 Å². The van der Waals surface area contributed by atoms with Crippen molar-refractivity contribution < 1.29 is 5.11 Å². The zero-order valence-electron chi connectivity index (χ0n) is 10.5. The van der Waals surface area contributed by atoms with Gasteiger partial charge in [0.15, 0.2) is 0 Å². The van der Waals surface area contributed by atoms with Gasteiger partial charge in [-0.25, -0.2) is 0 Å². The largest absolute Gasteiger partial charge is 0.388 e. The normalized spacial score (nSPS) is 26.1. The van der Waals surface area contributed by atoms with Crippen molar-refractivity contribution in [2.24, 2.45) is 0 Å². The van der Waals surface area contributed by atoms with Crippen LogP contribution >= 0.6 is 0 Å². The van der Waals surface area contributed by atoms with E-state index in [2.05, 4.69) is 30.4 Å². The molecule has 1 aliphatic carbocycles. The summed E-state index contributed by atoms with van der Waals surface area (Å²) in [5, 5.41) is 13.7. The van der Waals surface area contributed by atoms with Gasteiger partial charge in [0.1, 0.15) is 0 Å². The first-order chi connectivity index (χ1) is 8.25. The van der Waals surface area contributed by atoms with Crippen molar-refractivity contribution in [3.8, 4) is 0 Å². The average molecular weight is 231 g/mol. The Kier molecular flexibility index (Phi) is 2.72. The number of piperidine rings is 1. The third-order valence-electron chi connectivity index (χ3n) is 4.60. The van der Waals surface area contributed by atoms with Crippen molar-refractivity contribution >= 4 is 0 Å². The van der Waals surface area contributed by atoms with Gasteiger partial charge in [-0.2, -0.15) is 0 Å². The number of hydrogen-bond acceptors (Lipinski definition) is 2. The lowest BCUT2D eigenvalue weighted by Gasteiger charge is -2.35. The summed E-state index contributed by atoms with van der Waals surface area (Å²) in [4.78, 5) is 0. The molecule has 2 aliphatic rings. The Hall–Kier alpha value is -0.860. The van der Waals surface area contributed by atoms with Gasteiger partial charge in [0.05, 0.1) is 6.10 Å². The lowest BCUT2D eigenvalue weighted by Crippen LogP contribution is -2.38. The fraction of sp³-hybridized carbons (Fsp3) is 0.600. The van der Waals surface area contributed by atoms with Crippen LogP contribution in [0.3, 0.4) is 0 Å². The number of benzene rings is 1. The molecule has 2 nitrogen and oxygen atoms in total. The predicted octanol–water partition coefficient (Wildman–Crippen LogP) is 2.31. The van der Waals surface area contributed by atoms with Crippen molar-refractivity contribution in [3.05, 3.63) is 34.9 Å². The van der Waals surface area contributed by atoms with Gasteiger partial charge in [0.2, 0.25) is 0 Å². The van der Waals surface area contributed by atoms with E-state index in [0.29, 0.717) is 0 Å². The number of aliphatic hydroxyl groups excluding tert-OH is 1. The average Bonchev–Trinajstić information content (AvgIpc) is 2.63. The molecule has 0 amide bonds. The molecule has 1 unspecified atom stereocenters. The smallest absolute Gasteiger partial charge is 0.0801 e. The Morgan fingerprint density at radius 2 is 2.12 bits per heavy atom. The highest BCUT2D eigenvalue weighted by Crippen LogP contribution is 2.50. The minimum Gasteiger partial charge on any atom is -0.388 e. The molecule has 1 saturated heterocycles. The number of nitrogens with one attached hydrogen (secondary N) is 1. The third-order valence-corrected chi connectivity index (χ3v) is 4.60. The highest BCUT2D eigenvalue weighted by molar-refractivity contribution is 5.44. The molecule has 1 heterocycles. The van der Waals surface area contributed by atoms with E-state index in [9.17, 15) is 5.11 Å². The molecule has 1 aliphatic heterocycles. The molecule has 1 aromatic rings. The molecule has 3 rings (SSSR count). The van der Waals surface area contributed by atoms with E-state index in [4.69, 9.17) is 0 Å². The summed E-state index contributed by atoms with van der Waals surface area (Å²) in [7, 11) is 0. The van der Waals surface area contributed by atoms with Crippen LogP contribution in [0.4, 0.5) is 0 Å². The predicted molar refractivity (Wildman–Crippen MR) is 69.2 cm³/mol. The molecule has 0 radical (unpaired) electrons. The zero-order valence-corrected chi connectivity index (χ0v) is 10.5. The highest BCUT2D eigenvalue weighted by atomic mass is 16.3. The summed E-state index contributed by atoms with van der Waals surface area (Å²) in [5.74, 6) is 0. The van der Waals surface area contributed by atoms with E-state index in [1.807, 2.05) is 0 Å². The van der Waals surface area contributed by atoms with Gasteiger partial charge in [-0.1, -0.05) is 25.1 Å². The number of rotatable bonds is 1. The topological polar surface area (TPSA) is 32.3 Å². The van der Waals surface area contributed by atoms with Crippen molar-refractivity contribution in [3.63, 3.8) is 0 Å². The maximum absolute atomic E-state index is 10.3. The van der Waals surface area contributed by atoms with Crippen LogP contribution in [-0.2, 0) is 11.8 Å². The molecule has 0 bridgehead atoms. The van der Waals surface area contributed by atoms with Crippen LogP contribution in [0.15, 0.2) is 18.2 Å². The van der Waals surface area contributed by atoms with E-state index in [0.717, 1.165) is 25.9 Å². The van der Waals surface area contributed by atoms with Gasteiger partial charge in [-0.15, -0.1) is 0 Å². The Bertz CT molecular complexity index is 421. The van der Waals surface area contributed by atoms with E-state index < -0.39 is 0 Å². The van der Waals surface area contributed by atoms with E-state index in [-0.39, 0.29) is 11.5 Å². The van der Waals surface area contributed by atoms with Crippen molar-refractivity contribution in [2.45, 2.75) is 44.1 Å². The molecule has 2 heteroatoms. The fourth-order valence-corrected chi connectivity index (χ4v) is 3.56. The first-order valence-electron chi connectivity index (χ1n) is 6.77. The third kappa shape index (κ3) is 1.71. The SMILES string of the molecule is CCc1ccc2c(c1)C(O)CC21CCNCC1. The maximum Gasteiger partial charge on any atom is 0.0801 e. The van der Waals surface area contributed by atoms with Crippen LogP contribution in [0.1, 0.15) is 49.0 Å².